The standard InChI is InChI=1S/C10H8.C9H8/c1-2-6-10-8-4-3-7-9(10)5-1;1-2-5-9-7-3-6-8(9)4-1/h1-8H;1-6H,7H2. The van der Waals surface area contributed by atoms with Crippen LogP contribution in [0.5, 0.6) is 0 Å². The van der Waals surface area contributed by atoms with Gasteiger partial charge in [-0.3, -0.25) is 0 Å². The first-order chi connectivity index (χ1) is 9.43. The highest BCUT2D eigenvalue weighted by molar-refractivity contribution is 5.82. The number of allylic oxidation sites excluding steroid dienone is 1. The largest absolute Gasteiger partial charge is 0.0795 e. The smallest absolute Gasteiger partial charge is 0.00882 e. The van der Waals surface area contributed by atoms with Gasteiger partial charge in [-0.1, -0.05) is 84.9 Å². The fourth-order valence-electron chi connectivity index (χ4n) is 2.33. The van der Waals surface area contributed by atoms with Crippen LogP contribution in [-0.2, 0) is 6.42 Å². The Bertz CT molecular complexity index is 642. The summed E-state index contributed by atoms with van der Waals surface area (Å²) in [7, 11) is 0. The van der Waals surface area contributed by atoms with E-state index in [0.717, 1.165) is 6.42 Å². The van der Waals surface area contributed by atoms with Crippen molar-refractivity contribution in [3.8, 4) is 0 Å². The molecule has 0 nitrogen and oxygen atoms in total. The Balaban J connectivity index is 0.000000117. The van der Waals surface area contributed by atoms with Crippen LogP contribution in [0.15, 0.2) is 78.9 Å². The minimum Gasteiger partial charge on any atom is -0.0795 e. The second-order valence-corrected chi connectivity index (χ2v) is 4.65. The van der Waals surface area contributed by atoms with E-state index < -0.39 is 0 Å². The van der Waals surface area contributed by atoms with Crippen molar-refractivity contribution >= 4 is 16.8 Å². The third-order valence-electron chi connectivity index (χ3n) is 3.35. The van der Waals surface area contributed by atoms with E-state index in [2.05, 4.69) is 84.9 Å². The van der Waals surface area contributed by atoms with Crippen LogP contribution < -0.4 is 0 Å². The summed E-state index contributed by atoms with van der Waals surface area (Å²) in [6.07, 6.45) is 5.50. The Labute approximate surface area is 114 Å². The molecule has 0 saturated carbocycles. The lowest BCUT2D eigenvalue weighted by atomic mass is 10.1. The normalized spacial score (nSPS) is 11.8. The molecule has 3 aromatic carbocycles. The predicted molar refractivity (Wildman–Crippen MR) is 83.1 cm³/mol. The molecule has 1 aliphatic carbocycles. The Morgan fingerprint density at radius 2 is 1.11 bits per heavy atom. The second-order valence-electron chi connectivity index (χ2n) is 4.65. The van der Waals surface area contributed by atoms with Gasteiger partial charge in [0, 0.05) is 0 Å². The highest BCUT2D eigenvalue weighted by Gasteiger charge is 2.00. The zero-order chi connectivity index (χ0) is 12.9. The van der Waals surface area contributed by atoms with Gasteiger partial charge in [-0.15, -0.1) is 0 Å². The molecule has 0 unspecified atom stereocenters. The summed E-state index contributed by atoms with van der Waals surface area (Å²) in [5, 5.41) is 2.62. The van der Waals surface area contributed by atoms with Crippen LogP contribution >= 0.6 is 0 Å². The van der Waals surface area contributed by atoms with Gasteiger partial charge < -0.3 is 0 Å². The van der Waals surface area contributed by atoms with Gasteiger partial charge >= 0.3 is 0 Å². The van der Waals surface area contributed by atoms with E-state index in [4.69, 9.17) is 0 Å². The first-order valence-electron chi connectivity index (χ1n) is 6.62. The second kappa shape index (κ2) is 5.53. The first kappa shape index (κ1) is 11.7. The van der Waals surface area contributed by atoms with Crippen molar-refractivity contribution in [1.82, 2.24) is 0 Å². The summed E-state index contributed by atoms with van der Waals surface area (Å²) < 4.78 is 0. The van der Waals surface area contributed by atoms with Crippen LogP contribution in [0.2, 0.25) is 0 Å². The fraction of sp³-hybridized carbons (Fsp3) is 0.0526. The Hall–Kier alpha value is -2.34. The molecule has 0 saturated heterocycles. The molecule has 0 amide bonds. The lowest BCUT2D eigenvalue weighted by Crippen LogP contribution is -1.76. The summed E-state index contributed by atoms with van der Waals surface area (Å²) in [5.74, 6) is 0. The third-order valence-corrected chi connectivity index (χ3v) is 3.35. The quantitative estimate of drug-likeness (QED) is 0.516. The van der Waals surface area contributed by atoms with Crippen molar-refractivity contribution in [2.75, 3.05) is 0 Å². The molecule has 0 bridgehead atoms. The molecule has 0 radical (unpaired) electrons. The van der Waals surface area contributed by atoms with E-state index in [1.807, 2.05) is 0 Å². The SMILES string of the molecule is C1=Cc2ccccc2C1.c1ccc2ccccc2c1. The molecule has 3 aromatic rings. The number of hydrogen-bond acceptors (Lipinski definition) is 0. The fourth-order valence-corrected chi connectivity index (χ4v) is 2.33. The van der Waals surface area contributed by atoms with Gasteiger partial charge in [0.25, 0.3) is 0 Å². The van der Waals surface area contributed by atoms with Gasteiger partial charge in [-0.05, 0) is 28.3 Å². The van der Waals surface area contributed by atoms with Crippen molar-refractivity contribution in [2.24, 2.45) is 0 Å². The Morgan fingerprint density at radius 1 is 0.579 bits per heavy atom. The number of fused-ring (bicyclic) bond motifs is 2. The molecular weight excluding hydrogens is 228 g/mol. The van der Waals surface area contributed by atoms with Crippen molar-refractivity contribution in [2.45, 2.75) is 6.42 Å². The molecule has 92 valence electrons. The summed E-state index contributed by atoms with van der Waals surface area (Å²) in [4.78, 5) is 0. The zero-order valence-electron chi connectivity index (χ0n) is 10.8. The molecular formula is C19H16. The number of hydrogen-bond donors (Lipinski definition) is 0. The van der Waals surface area contributed by atoms with Gasteiger partial charge in [0.2, 0.25) is 0 Å². The van der Waals surface area contributed by atoms with Crippen molar-refractivity contribution in [3.05, 3.63) is 90.0 Å². The van der Waals surface area contributed by atoms with E-state index in [-0.39, 0.29) is 0 Å². The maximum Gasteiger partial charge on any atom is -0.00882 e. The maximum atomic E-state index is 2.20. The van der Waals surface area contributed by atoms with Gasteiger partial charge in [0.1, 0.15) is 0 Å². The van der Waals surface area contributed by atoms with Gasteiger partial charge in [-0.25, -0.2) is 0 Å². The summed E-state index contributed by atoms with van der Waals surface area (Å²) in [6.45, 7) is 0. The lowest BCUT2D eigenvalue weighted by Gasteiger charge is -1.93. The van der Waals surface area contributed by atoms with E-state index >= 15 is 0 Å². The average Bonchev–Trinajstić information content (AvgIpc) is 2.96. The van der Waals surface area contributed by atoms with Crippen LogP contribution in [0.3, 0.4) is 0 Å². The molecule has 0 N–H and O–H groups in total. The number of rotatable bonds is 0. The Kier molecular flexibility index (Phi) is 3.42. The lowest BCUT2D eigenvalue weighted by molar-refractivity contribution is 1.31. The van der Waals surface area contributed by atoms with Crippen molar-refractivity contribution in [3.63, 3.8) is 0 Å². The molecule has 0 heteroatoms. The molecule has 0 heterocycles. The molecule has 0 aliphatic heterocycles. The zero-order valence-corrected chi connectivity index (χ0v) is 10.8. The summed E-state index contributed by atoms with van der Waals surface area (Å²) >= 11 is 0. The monoisotopic (exact) mass is 244 g/mol. The summed E-state index contributed by atoms with van der Waals surface area (Å²) in [5.41, 5.74) is 2.84. The van der Waals surface area contributed by atoms with Gasteiger partial charge in [-0.2, -0.15) is 0 Å². The van der Waals surface area contributed by atoms with Crippen LogP contribution in [0, 0.1) is 0 Å². The molecule has 19 heavy (non-hydrogen) atoms. The highest BCUT2D eigenvalue weighted by Crippen LogP contribution is 2.17. The highest BCUT2D eigenvalue weighted by atomic mass is 14.0. The van der Waals surface area contributed by atoms with E-state index in [9.17, 15) is 0 Å². The predicted octanol–water partition coefficient (Wildman–Crippen LogP) is 5.10. The maximum absolute atomic E-state index is 2.20. The third kappa shape index (κ3) is 2.74. The van der Waals surface area contributed by atoms with E-state index in [1.165, 1.54) is 21.9 Å². The van der Waals surface area contributed by atoms with Gasteiger partial charge in [0.15, 0.2) is 0 Å². The van der Waals surface area contributed by atoms with Crippen LogP contribution in [0.4, 0.5) is 0 Å². The first-order valence-corrected chi connectivity index (χ1v) is 6.62. The Morgan fingerprint density at radius 3 is 1.68 bits per heavy atom. The molecule has 0 spiro atoms. The van der Waals surface area contributed by atoms with Crippen molar-refractivity contribution < 1.29 is 0 Å². The minimum absolute atomic E-state index is 1.12. The minimum atomic E-state index is 1.12. The molecule has 1 aliphatic rings. The average molecular weight is 244 g/mol. The van der Waals surface area contributed by atoms with Crippen molar-refractivity contribution in [1.29, 1.82) is 0 Å². The number of benzene rings is 3. The topological polar surface area (TPSA) is 0 Å². The molecule has 0 fully saturated rings. The van der Waals surface area contributed by atoms with E-state index in [0.29, 0.717) is 0 Å². The van der Waals surface area contributed by atoms with Gasteiger partial charge in [0.05, 0.1) is 0 Å². The molecule has 0 atom stereocenters. The summed E-state index contributed by atoms with van der Waals surface area (Å²) in [6, 6.07) is 25.2. The molecule has 0 aromatic heterocycles. The van der Waals surface area contributed by atoms with Crippen LogP contribution in [-0.4, -0.2) is 0 Å². The van der Waals surface area contributed by atoms with Crippen LogP contribution in [0.25, 0.3) is 16.8 Å². The molecule has 4 rings (SSSR count). The van der Waals surface area contributed by atoms with E-state index in [1.54, 1.807) is 0 Å². The van der Waals surface area contributed by atoms with Crippen LogP contribution in [0.1, 0.15) is 11.1 Å².